The van der Waals surface area contributed by atoms with Crippen molar-refractivity contribution in [1.29, 1.82) is 0 Å². The first-order chi connectivity index (χ1) is 9.36. The largest absolute Gasteiger partial charge is 0.396 e. The summed E-state index contributed by atoms with van der Waals surface area (Å²) in [7, 11) is 0. The van der Waals surface area contributed by atoms with Gasteiger partial charge in [-0.1, -0.05) is 6.08 Å². The zero-order valence-electron chi connectivity index (χ0n) is 11.9. The van der Waals surface area contributed by atoms with Gasteiger partial charge in [-0.15, -0.1) is 17.9 Å². The Morgan fingerprint density at radius 3 is 2.65 bits per heavy atom. The summed E-state index contributed by atoms with van der Waals surface area (Å²) < 4.78 is 0. The van der Waals surface area contributed by atoms with Crippen LogP contribution in [0.2, 0.25) is 0 Å². The van der Waals surface area contributed by atoms with Crippen LogP contribution in [0.4, 0.5) is 5.69 Å². The number of nitrogen functional groups attached to an aromatic ring is 1. The van der Waals surface area contributed by atoms with Crippen molar-refractivity contribution >= 4 is 33.3 Å². The first-order valence-electron chi connectivity index (χ1n) is 6.28. The summed E-state index contributed by atoms with van der Waals surface area (Å²) in [4.78, 5) is 24.0. The molecule has 5 nitrogen and oxygen atoms in total. The molecule has 2 aromatic rings. The molecule has 2 rings (SSSR count). The molecular formula is C14H18N4OS. The van der Waals surface area contributed by atoms with Gasteiger partial charge in [-0.2, -0.15) is 0 Å². The van der Waals surface area contributed by atoms with E-state index in [0.717, 1.165) is 0 Å². The molecule has 2 N–H and O–H groups in total. The maximum absolute atomic E-state index is 12.7. The van der Waals surface area contributed by atoms with Gasteiger partial charge in [0.15, 0.2) is 0 Å². The number of nitrogens with two attached hydrogens (primary N) is 1. The molecule has 0 aliphatic rings. The zero-order valence-corrected chi connectivity index (χ0v) is 12.7. The lowest BCUT2D eigenvalue weighted by atomic mass is 10.1. The summed E-state index contributed by atoms with van der Waals surface area (Å²) in [6, 6.07) is 0. The minimum Gasteiger partial charge on any atom is -0.396 e. The van der Waals surface area contributed by atoms with E-state index in [1.165, 1.54) is 11.3 Å². The molecule has 0 radical (unpaired) electrons. The number of anilines is 1. The van der Waals surface area contributed by atoms with Crippen LogP contribution in [-0.4, -0.2) is 32.9 Å². The third-order valence-corrected chi connectivity index (χ3v) is 4.01. The van der Waals surface area contributed by atoms with Gasteiger partial charge in [0, 0.05) is 24.5 Å². The van der Waals surface area contributed by atoms with Gasteiger partial charge in [0.2, 0.25) is 0 Å². The van der Waals surface area contributed by atoms with Gasteiger partial charge in [-0.25, -0.2) is 9.97 Å². The average molecular weight is 290 g/mol. The number of aromatic nitrogens is 2. The number of hydrogen-bond acceptors (Lipinski definition) is 5. The van der Waals surface area contributed by atoms with E-state index in [1.54, 1.807) is 23.4 Å². The standard InChI is InChI=1S/C14H18N4OS/c1-5-8-18(14(2,3)4)13(19)11-9(15)10-12(20-11)17-7-6-16-10/h5-7H,1,8,15H2,2-4H3. The summed E-state index contributed by atoms with van der Waals surface area (Å²) >= 11 is 1.28. The van der Waals surface area contributed by atoms with Crippen LogP contribution < -0.4 is 5.73 Å². The smallest absolute Gasteiger partial charge is 0.266 e. The molecule has 0 fully saturated rings. The molecule has 0 bridgehead atoms. The highest BCUT2D eigenvalue weighted by Crippen LogP contribution is 2.32. The van der Waals surface area contributed by atoms with E-state index in [9.17, 15) is 4.79 Å². The molecule has 0 unspecified atom stereocenters. The van der Waals surface area contributed by atoms with Crippen LogP contribution in [0, 0.1) is 0 Å². The Bertz CT molecular complexity index is 657. The van der Waals surface area contributed by atoms with E-state index in [0.29, 0.717) is 27.5 Å². The second-order valence-electron chi connectivity index (χ2n) is 5.43. The fourth-order valence-electron chi connectivity index (χ4n) is 1.92. The molecule has 0 aromatic carbocycles. The van der Waals surface area contributed by atoms with Crippen molar-refractivity contribution in [1.82, 2.24) is 14.9 Å². The Balaban J connectivity index is 2.49. The summed E-state index contributed by atoms with van der Waals surface area (Å²) in [5.74, 6) is -0.111. The van der Waals surface area contributed by atoms with Gasteiger partial charge in [0.05, 0.1) is 5.69 Å². The molecule has 0 saturated heterocycles. The number of carbonyl (C=O) groups excluding carboxylic acids is 1. The Morgan fingerprint density at radius 2 is 2.10 bits per heavy atom. The first kappa shape index (κ1) is 14.5. The Morgan fingerprint density at radius 1 is 1.45 bits per heavy atom. The molecule has 106 valence electrons. The summed E-state index contributed by atoms with van der Waals surface area (Å²) in [6.45, 7) is 10.1. The lowest BCUT2D eigenvalue weighted by molar-refractivity contribution is 0.0623. The maximum Gasteiger partial charge on any atom is 0.266 e. The predicted octanol–water partition coefficient (Wildman–Crippen LogP) is 2.70. The van der Waals surface area contributed by atoms with Gasteiger partial charge in [-0.05, 0) is 20.8 Å². The van der Waals surface area contributed by atoms with Crippen molar-refractivity contribution in [2.24, 2.45) is 0 Å². The number of hydrogen-bond donors (Lipinski definition) is 1. The highest BCUT2D eigenvalue weighted by atomic mass is 32.1. The molecule has 2 heterocycles. The van der Waals surface area contributed by atoms with Crippen molar-refractivity contribution in [2.45, 2.75) is 26.3 Å². The van der Waals surface area contributed by atoms with Crippen LogP contribution in [-0.2, 0) is 0 Å². The highest BCUT2D eigenvalue weighted by molar-refractivity contribution is 7.21. The Kier molecular flexibility index (Phi) is 3.76. The van der Waals surface area contributed by atoms with Gasteiger partial charge in [-0.3, -0.25) is 4.79 Å². The van der Waals surface area contributed by atoms with Crippen LogP contribution >= 0.6 is 11.3 Å². The topological polar surface area (TPSA) is 72.1 Å². The van der Waals surface area contributed by atoms with Crippen molar-refractivity contribution in [2.75, 3.05) is 12.3 Å². The molecule has 0 spiro atoms. The van der Waals surface area contributed by atoms with E-state index in [-0.39, 0.29) is 11.4 Å². The number of amides is 1. The normalized spacial score (nSPS) is 11.6. The van der Waals surface area contributed by atoms with Gasteiger partial charge < -0.3 is 10.6 Å². The number of carbonyl (C=O) groups is 1. The van der Waals surface area contributed by atoms with Crippen molar-refractivity contribution in [3.63, 3.8) is 0 Å². The number of fused-ring (bicyclic) bond motifs is 1. The lowest BCUT2D eigenvalue weighted by Crippen LogP contribution is -2.45. The molecule has 20 heavy (non-hydrogen) atoms. The second kappa shape index (κ2) is 5.20. The zero-order chi connectivity index (χ0) is 14.9. The fourth-order valence-corrected chi connectivity index (χ4v) is 2.89. The quantitative estimate of drug-likeness (QED) is 0.882. The van der Waals surface area contributed by atoms with E-state index in [1.807, 2.05) is 20.8 Å². The molecule has 1 amide bonds. The summed E-state index contributed by atoms with van der Waals surface area (Å²) in [5, 5.41) is 0. The van der Waals surface area contributed by atoms with E-state index < -0.39 is 0 Å². The highest BCUT2D eigenvalue weighted by Gasteiger charge is 2.29. The SMILES string of the molecule is C=CCN(C(=O)c1sc2nccnc2c1N)C(C)(C)C. The van der Waals surface area contributed by atoms with Crippen LogP contribution in [0.25, 0.3) is 10.3 Å². The van der Waals surface area contributed by atoms with E-state index in [4.69, 9.17) is 5.73 Å². The average Bonchev–Trinajstić information content (AvgIpc) is 2.72. The Labute approximate surface area is 122 Å². The molecular weight excluding hydrogens is 272 g/mol. The number of thiophene rings is 1. The maximum atomic E-state index is 12.7. The van der Waals surface area contributed by atoms with Crippen molar-refractivity contribution in [3.8, 4) is 0 Å². The first-order valence-corrected chi connectivity index (χ1v) is 7.09. The summed E-state index contributed by atoms with van der Waals surface area (Å²) in [6.07, 6.45) is 4.88. The molecule has 6 heteroatoms. The predicted molar refractivity (Wildman–Crippen MR) is 82.8 cm³/mol. The second-order valence-corrected chi connectivity index (χ2v) is 6.43. The molecule has 0 aliphatic carbocycles. The van der Waals surface area contributed by atoms with Crippen LogP contribution in [0.5, 0.6) is 0 Å². The third kappa shape index (κ3) is 2.51. The van der Waals surface area contributed by atoms with Crippen molar-refractivity contribution < 1.29 is 4.79 Å². The minimum absolute atomic E-state index is 0.111. The van der Waals surface area contributed by atoms with Gasteiger partial charge in [0.25, 0.3) is 5.91 Å². The van der Waals surface area contributed by atoms with Crippen LogP contribution in [0.1, 0.15) is 30.4 Å². The van der Waals surface area contributed by atoms with Crippen LogP contribution in [0.3, 0.4) is 0 Å². The summed E-state index contributed by atoms with van der Waals surface area (Å²) in [5.41, 5.74) is 6.74. The number of nitrogens with zero attached hydrogens (tertiary/aromatic N) is 3. The monoisotopic (exact) mass is 290 g/mol. The van der Waals surface area contributed by atoms with Crippen LogP contribution in [0.15, 0.2) is 25.0 Å². The molecule has 0 atom stereocenters. The fraction of sp³-hybridized carbons (Fsp3) is 0.357. The Hall–Kier alpha value is -1.95. The molecule has 2 aromatic heterocycles. The molecule has 0 aliphatic heterocycles. The number of rotatable bonds is 3. The van der Waals surface area contributed by atoms with Gasteiger partial charge in [0.1, 0.15) is 15.2 Å². The molecule has 0 saturated carbocycles. The minimum atomic E-state index is -0.311. The van der Waals surface area contributed by atoms with Gasteiger partial charge >= 0.3 is 0 Å². The third-order valence-electron chi connectivity index (χ3n) is 2.92. The van der Waals surface area contributed by atoms with Crippen molar-refractivity contribution in [3.05, 3.63) is 29.9 Å². The van der Waals surface area contributed by atoms with E-state index >= 15 is 0 Å². The van der Waals surface area contributed by atoms with E-state index in [2.05, 4.69) is 16.5 Å². The lowest BCUT2D eigenvalue weighted by Gasteiger charge is -2.34.